The predicted molar refractivity (Wildman–Crippen MR) is 71.8 cm³/mol. The third-order valence-corrected chi connectivity index (χ3v) is 3.07. The fraction of sp³-hybridized carbons (Fsp3) is 0.385. The second kappa shape index (κ2) is 5.94. The molecule has 0 fully saturated rings. The highest BCUT2D eigenvalue weighted by atomic mass is 19.4. The molecule has 3 heterocycles. The molecule has 3 aromatic rings. The quantitative estimate of drug-likeness (QED) is 0.532. The number of fused-ring (bicyclic) bond motifs is 3. The summed E-state index contributed by atoms with van der Waals surface area (Å²) in [6.07, 6.45) is -2.64. The smallest absolute Gasteiger partial charge is 0.452 e. The summed E-state index contributed by atoms with van der Waals surface area (Å²) in [4.78, 5) is 8.05. The molecule has 0 aliphatic rings. The molecule has 122 valence electrons. The molecular formula is C13H11F4N5O. The van der Waals surface area contributed by atoms with Crippen molar-refractivity contribution in [2.45, 2.75) is 19.0 Å². The van der Waals surface area contributed by atoms with E-state index in [0.717, 1.165) is 4.40 Å². The van der Waals surface area contributed by atoms with Crippen molar-refractivity contribution in [2.24, 2.45) is 0 Å². The zero-order valence-corrected chi connectivity index (χ0v) is 11.7. The molecule has 0 unspecified atom stereocenters. The molecule has 23 heavy (non-hydrogen) atoms. The molecule has 0 saturated heterocycles. The van der Waals surface area contributed by atoms with Crippen molar-refractivity contribution < 1.29 is 22.3 Å². The standard InChI is InChI=1S/C13H11F4N5O/c14-5-1-2-7-23-11-10-20-21-12(13(15,16)17)22(10)9-8(19-11)4-3-6-18-9/h3-4,6H,1-2,5,7H2. The minimum Gasteiger partial charge on any atom is -0.475 e. The van der Waals surface area contributed by atoms with E-state index in [-0.39, 0.29) is 29.3 Å². The highest BCUT2D eigenvalue weighted by Gasteiger charge is 2.38. The van der Waals surface area contributed by atoms with Crippen LogP contribution in [0, 0.1) is 0 Å². The molecule has 0 radical (unpaired) electrons. The zero-order chi connectivity index (χ0) is 16.4. The Balaban J connectivity index is 2.15. The van der Waals surface area contributed by atoms with Gasteiger partial charge in [0.1, 0.15) is 5.52 Å². The Morgan fingerprint density at radius 2 is 1.96 bits per heavy atom. The Bertz CT molecular complexity index is 832. The Kier molecular flexibility index (Phi) is 3.97. The van der Waals surface area contributed by atoms with Crippen LogP contribution in [0.25, 0.3) is 16.8 Å². The third kappa shape index (κ3) is 2.88. The first-order valence-corrected chi connectivity index (χ1v) is 6.78. The van der Waals surface area contributed by atoms with E-state index in [1.54, 1.807) is 6.07 Å². The summed E-state index contributed by atoms with van der Waals surface area (Å²) in [5, 5.41) is 6.72. The lowest BCUT2D eigenvalue weighted by molar-refractivity contribution is -0.145. The van der Waals surface area contributed by atoms with E-state index >= 15 is 0 Å². The molecule has 3 aromatic heterocycles. The van der Waals surface area contributed by atoms with Crippen molar-refractivity contribution in [2.75, 3.05) is 13.3 Å². The minimum atomic E-state index is -4.70. The van der Waals surface area contributed by atoms with E-state index in [0.29, 0.717) is 12.8 Å². The number of rotatable bonds is 5. The van der Waals surface area contributed by atoms with Crippen LogP contribution in [0.15, 0.2) is 18.3 Å². The van der Waals surface area contributed by atoms with Crippen molar-refractivity contribution in [3.63, 3.8) is 0 Å². The predicted octanol–water partition coefficient (Wildman–Crippen LogP) is 2.82. The summed E-state index contributed by atoms with van der Waals surface area (Å²) in [7, 11) is 0. The fourth-order valence-corrected chi connectivity index (χ4v) is 2.08. The van der Waals surface area contributed by atoms with E-state index in [9.17, 15) is 17.6 Å². The lowest BCUT2D eigenvalue weighted by Crippen LogP contribution is -2.12. The van der Waals surface area contributed by atoms with Crippen molar-refractivity contribution in [1.82, 2.24) is 24.6 Å². The Morgan fingerprint density at radius 1 is 1.13 bits per heavy atom. The number of hydrogen-bond donors (Lipinski definition) is 0. The van der Waals surface area contributed by atoms with Crippen molar-refractivity contribution in [3.8, 4) is 5.88 Å². The number of ether oxygens (including phenoxy) is 1. The summed E-state index contributed by atoms with van der Waals surface area (Å²) in [5.74, 6) is -1.29. The first-order chi connectivity index (χ1) is 11.0. The van der Waals surface area contributed by atoms with Gasteiger partial charge in [0.25, 0.3) is 5.88 Å². The van der Waals surface area contributed by atoms with Gasteiger partial charge in [0, 0.05) is 6.20 Å². The van der Waals surface area contributed by atoms with E-state index < -0.39 is 18.7 Å². The van der Waals surface area contributed by atoms with Crippen LogP contribution in [0.5, 0.6) is 5.88 Å². The lowest BCUT2D eigenvalue weighted by Gasteiger charge is -2.09. The van der Waals surface area contributed by atoms with E-state index in [1.165, 1.54) is 12.3 Å². The van der Waals surface area contributed by atoms with Gasteiger partial charge in [-0.05, 0) is 25.0 Å². The average Bonchev–Trinajstić information content (AvgIpc) is 2.97. The number of alkyl halides is 4. The van der Waals surface area contributed by atoms with Crippen LogP contribution in [0.1, 0.15) is 18.7 Å². The summed E-state index contributed by atoms with van der Waals surface area (Å²) in [6.45, 7) is -0.371. The van der Waals surface area contributed by atoms with E-state index in [2.05, 4.69) is 20.2 Å². The van der Waals surface area contributed by atoms with Gasteiger partial charge in [0.05, 0.1) is 13.3 Å². The number of aromatic nitrogens is 5. The van der Waals surface area contributed by atoms with Gasteiger partial charge in [-0.3, -0.25) is 4.39 Å². The number of nitrogens with zero attached hydrogens (tertiary/aromatic N) is 5. The maximum Gasteiger partial charge on any atom is 0.452 e. The molecule has 0 aliphatic carbocycles. The molecule has 0 saturated carbocycles. The molecule has 0 aliphatic heterocycles. The molecular weight excluding hydrogens is 318 g/mol. The molecule has 0 N–H and O–H groups in total. The van der Waals surface area contributed by atoms with Crippen LogP contribution in [-0.4, -0.2) is 37.8 Å². The Labute approximate surface area is 127 Å². The normalized spacial score (nSPS) is 12.2. The van der Waals surface area contributed by atoms with Crippen LogP contribution in [0.4, 0.5) is 17.6 Å². The molecule has 10 heteroatoms. The van der Waals surface area contributed by atoms with E-state index in [1.807, 2.05) is 0 Å². The largest absolute Gasteiger partial charge is 0.475 e. The van der Waals surface area contributed by atoms with Crippen molar-refractivity contribution in [1.29, 1.82) is 0 Å². The molecule has 0 atom stereocenters. The van der Waals surface area contributed by atoms with Crippen LogP contribution in [-0.2, 0) is 6.18 Å². The van der Waals surface area contributed by atoms with Gasteiger partial charge in [-0.1, -0.05) is 0 Å². The van der Waals surface area contributed by atoms with Crippen LogP contribution in [0.2, 0.25) is 0 Å². The maximum atomic E-state index is 13.1. The van der Waals surface area contributed by atoms with Crippen LogP contribution in [0.3, 0.4) is 0 Å². The highest BCUT2D eigenvalue weighted by Crippen LogP contribution is 2.31. The van der Waals surface area contributed by atoms with Crippen molar-refractivity contribution in [3.05, 3.63) is 24.2 Å². The summed E-state index contributed by atoms with van der Waals surface area (Å²) in [5.41, 5.74) is 0.0190. The van der Waals surface area contributed by atoms with Gasteiger partial charge in [-0.15, -0.1) is 10.2 Å². The number of pyridine rings is 1. The molecule has 0 aromatic carbocycles. The summed E-state index contributed by atoms with van der Waals surface area (Å²) < 4.78 is 57.5. The molecule has 6 nitrogen and oxygen atoms in total. The monoisotopic (exact) mass is 329 g/mol. The first kappa shape index (κ1) is 15.4. The third-order valence-electron chi connectivity index (χ3n) is 3.07. The fourth-order valence-electron chi connectivity index (χ4n) is 2.08. The number of halogens is 4. The zero-order valence-electron chi connectivity index (χ0n) is 11.7. The second-order valence-electron chi connectivity index (χ2n) is 4.69. The lowest BCUT2D eigenvalue weighted by atomic mass is 10.3. The highest BCUT2D eigenvalue weighted by molar-refractivity contribution is 5.75. The van der Waals surface area contributed by atoms with Gasteiger partial charge in [0.15, 0.2) is 5.65 Å². The summed E-state index contributed by atoms with van der Waals surface area (Å²) >= 11 is 0. The molecule has 3 rings (SSSR count). The van der Waals surface area contributed by atoms with Gasteiger partial charge in [-0.2, -0.15) is 13.2 Å². The SMILES string of the molecule is FCCCCOc1nc2cccnc2n2c(C(F)(F)F)nnc12. The van der Waals surface area contributed by atoms with E-state index in [4.69, 9.17) is 4.74 Å². The Hall–Kier alpha value is -2.52. The summed E-state index contributed by atoms with van der Waals surface area (Å²) in [6, 6.07) is 3.06. The Morgan fingerprint density at radius 3 is 2.70 bits per heavy atom. The topological polar surface area (TPSA) is 65.2 Å². The maximum absolute atomic E-state index is 13.1. The second-order valence-corrected chi connectivity index (χ2v) is 4.69. The van der Waals surface area contributed by atoms with Gasteiger partial charge in [-0.25, -0.2) is 14.4 Å². The van der Waals surface area contributed by atoms with Crippen LogP contribution >= 0.6 is 0 Å². The first-order valence-electron chi connectivity index (χ1n) is 6.78. The van der Waals surface area contributed by atoms with Gasteiger partial charge >= 0.3 is 6.18 Å². The molecule has 0 amide bonds. The minimum absolute atomic E-state index is 0.0177. The van der Waals surface area contributed by atoms with Gasteiger partial charge < -0.3 is 4.74 Å². The average molecular weight is 329 g/mol. The van der Waals surface area contributed by atoms with Gasteiger partial charge in [0.2, 0.25) is 11.5 Å². The number of unbranched alkanes of at least 4 members (excludes halogenated alkanes) is 1. The van der Waals surface area contributed by atoms with Crippen LogP contribution < -0.4 is 4.74 Å². The number of hydrogen-bond acceptors (Lipinski definition) is 5. The van der Waals surface area contributed by atoms with Crippen molar-refractivity contribution >= 4 is 16.8 Å². The molecule has 0 spiro atoms. The molecule has 0 bridgehead atoms.